The number of aromatic amines is 1. The van der Waals surface area contributed by atoms with Crippen LogP contribution in [0.5, 0.6) is 0 Å². The predicted octanol–water partition coefficient (Wildman–Crippen LogP) is 1.89. The molecule has 6 nitrogen and oxygen atoms in total. The summed E-state index contributed by atoms with van der Waals surface area (Å²) in [5, 5.41) is 5.62. The Kier molecular flexibility index (Phi) is 4.05. The van der Waals surface area contributed by atoms with Gasteiger partial charge in [-0.25, -0.2) is 4.98 Å². The highest BCUT2D eigenvalue weighted by atomic mass is 16.2. The monoisotopic (exact) mass is 308 g/mol. The van der Waals surface area contributed by atoms with Crippen molar-refractivity contribution in [3.63, 3.8) is 0 Å². The van der Waals surface area contributed by atoms with Crippen molar-refractivity contribution in [2.45, 2.75) is 6.54 Å². The minimum absolute atomic E-state index is 0.0502. The van der Waals surface area contributed by atoms with E-state index in [2.05, 4.69) is 20.6 Å². The number of amides is 1. The van der Waals surface area contributed by atoms with E-state index in [-0.39, 0.29) is 16.5 Å². The molecule has 0 atom stereocenters. The molecule has 2 heterocycles. The number of fused-ring (bicyclic) bond motifs is 1. The summed E-state index contributed by atoms with van der Waals surface area (Å²) >= 11 is 0. The number of aromatic nitrogens is 2. The van der Waals surface area contributed by atoms with Crippen molar-refractivity contribution in [1.29, 1.82) is 0 Å². The van der Waals surface area contributed by atoms with Crippen LogP contribution in [0, 0.1) is 0 Å². The number of carbonyl (C=O) groups excluding carboxylic acids is 1. The molecule has 0 saturated heterocycles. The van der Waals surface area contributed by atoms with Crippen LogP contribution in [-0.2, 0) is 6.54 Å². The zero-order valence-electron chi connectivity index (χ0n) is 12.6. The van der Waals surface area contributed by atoms with Gasteiger partial charge in [0, 0.05) is 19.8 Å². The van der Waals surface area contributed by atoms with Crippen LogP contribution < -0.4 is 16.1 Å². The smallest absolute Gasteiger partial charge is 0.257 e. The van der Waals surface area contributed by atoms with Gasteiger partial charge in [0.15, 0.2) is 0 Å². The van der Waals surface area contributed by atoms with Gasteiger partial charge in [-0.15, -0.1) is 0 Å². The van der Waals surface area contributed by atoms with Crippen molar-refractivity contribution in [3.8, 4) is 0 Å². The molecule has 0 aliphatic carbocycles. The number of pyridine rings is 2. The summed E-state index contributed by atoms with van der Waals surface area (Å²) in [6.45, 7) is 0.362. The summed E-state index contributed by atoms with van der Waals surface area (Å²) in [4.78, 5) is 31.9. The van der Waals surface area contributed by atoms with Gasteiger partial charge in [0.2, 0.25) is 5.43 Å². The molecule has 0 aliphatic rings. The molecule has 0 bridgehead atoms. The normalized spacial score (nSPS) is 10.5. The number of H-pyrrole nitrogens is 1. The molecular weight excluding hydrogens is 292 g/mol. The van der Waals surface area contributed by atoms with Crippen LogP contribution >= 0.6 is 0 Å². The van der Waals surface area contributed by atoms with Crippen LogP contribution in [0.25, 0.3) is 11.0 Å². The van der Waals surface area contributed by atoms with Crippen LogP contribution in [0.3, 0.4) is 0 Å². The maximum Gasteiger partial charge on any atom is 0.257 e. The first-order valence-corrected chi connectivity index (χ1v) is 7.21. The van der Waals surface area contributed by atoms with Crippen molar-refractivity contribution in [2.24, 2.45) is 0 Å². The molecule has 0 aliphatic heterocycles. The molecule has 1 amide bonds. The molecule has 3 N–H and O–H groups in total. The van der Waals surface area contributed by atoms with Gasteiger partial charge in [-0.05, 0) is 17.7 Å². The fourth-order valence-corrected chi connectivity index (χ4v) is 2.27. The third-order valence-electron chi connectivity index (χ3n) is 3.52. The number of nitrogens with one attached hydrogen (secondary N) is 3. The first kappa shape index (κ1) is 14.8. The lowest BCUT2D eigenvalue weighted by atomic mass is 10.2. The van der Waals surface area contributed by atoms with Crippen molar-refractivity contribution < 1.29 is 4.79 Å². The van der Waals surface area contributed by atoms with E-state index in [9.17, 15) is 9.59 Å². The highest BCUT2D eigenvalue weighted by Gasteiger charge is 2.14. The number of anilines is 1. The second kappa shape index (κ2) is 6.31. The SMILES string of the molecule is CNc1ccc2[nH]cc(C(=O)NCc3ccccc3)c(=O)c2n1. The minimum atomic E-state index is -0.423. The van der Waals surface area contributed by atoms with Crippen LogP contribution in [0.2, 0.25) is 0 Å². The van der Waals surface area contributed by atoms with E-state index in [0.717, 1.165) is 5.56 Å². The van der Waals surface area contributed by atoms with E-state index in [1.54, 1.807) is 19.2 Å². The molecule has 3 rings (SSSR count). The third kappa shape index (κ3) is 3.06. The second-order valence-electron chi connectivity index (χ2n) is 5.04. The quantitative estimate of drug-likeness (QED) is 0.687. The van der Waals surface area contributed by atoms with Crippen LogP contribution in [0.4, 0.5) is 5.82 Å². The Hall–Kier alpha value is -3.15. The maximum atomic E-state index is 12.5. The fourth-order valence-electron chi connectivity index (χ4n) is 2.27. The average molecular weight is 308 g/mol. The molecule has 3 aromatic rings. The van der Waals surface area contributed by atoms with Crippen LogP contribution in [0.1, 0.15) is 15.9 Å². The van der Waals surface area contributed by atoms with E-state index >= 15 is 0 Å². The maximum absolute atomic E-state index is 12.5. The van der Waals surface area contributed by atoms with Crippen molar-refractivity contribution in [3.05, 3.63) is 70.0 Å². The third-order valence-corrected chi connectivity index (χ3v) is 3.52. The van der Waals surface area contributed by atoms with E-state index in [1.807, 2.05) is 30.3 Å². The van der Waals surface area contributed by atoms with Crippen LogP contribution in [0.15, 0.2) is 53.5 Å². The van der Waals surface area contributed by atoms with Crippen molar-refractivity contribution in [2.75, 3.05) is 12.4 Å². The molecule has 0 unspecified atom stereocenters. The summed E-state index contributed by atoms with van der Waals surface area (Å²) in [5.74, 6) is 0.151. The van der Waals surface area contributed by atoms with Crippen molar-refractivity contribution >= 4 is 22.8 Å². The first-order valence-electron chi connectivity index (χ1n) is 7.21. The lowest BCUT2D eigenvalue weighted by Gasteiger charge is -2.06. The summed E-state index contributed by atoms with van der Waals surface area (Å²) in [6, 6.07) is 13.0. The molecule has 2 aromatic heterocycles. The number of carbonyl (C=O) groups is 1. The predicted molar refractivity (Wildman–Crippen MR) is 89.5 cm³/mol. The lowest BCUT2D eigenvalue weighted by Crippen LogP contribution is -2.28. The standard InChI is InChI=1S/C17H16N4O2/c1-18-14-8-7-13-15(21-14)16(22)12(10-19-13)17(23)20-9-11-5-3-2-4-6-11/h2-8,10H,9H2,1H3,(H,18,21)(H,19,22)(H,20,23). The molecule has 23 heavy (non-hydrogen) atoms. The molecule has 116 valence electrons. The number of nitrogens with zero attached hydrogens (tertiary/aromatic N) is 1. The summed E-state index contributed by atoms with van der Waals surface area (Å²) in [6.07, 6.45) is 1.42. The first-order chi connectivity index (χ1) is 11.2. The van der Waals surface area contributed by atoms with Gasteiger partial charge in [-0.2, -0.15) is 0 Å². The Morgan fingerprint density at radius 2 is 1.96 bits per heavy atom. The van der Waals surface area contributed by atoms with Crippen LogP contribution in [-0.4, -0.2) is 22.9 Å². The van der Waals surface area contributed by atoms with Crippen molar-refractivity contribution in [1.82, 2.24) is 15.3 Å². The van der Waals surface area contributed by atoms with Gasteiger partial charge in [0.1, 0.15) is 16.9 Å². The number of hydrogen-bond acceptors (Lipinski definition) is 4. The average Bonchev–Trinajstić information content (AvgIpc) is 2.60. The minimum Gasteiger partial charge on any atom is -0.373 e. The van der Waals surface area contributed by atoms with Gasteiger partial charge >= 0.3 is 0 Å². The topological polar surface area (TPSA) is 86.9 Å². The van der Waals surface area contributed by atoms with Gasteiger partial charge in [0.05, 0.1) is 5.52 Å². The molecule has 1 aromatic carbocycles. The number of hydrogen-bond donors (Lipinski definition) is 3. The second-order valence-corrected chi connectivity index (χ2v) is 5.04. The fraction of sp³-hybridized carbons (Fsp3) is 0.118. The Balaban J connectivity index is 1.88. The summed E-state index contributed by atoms with van der Waals surface area (Å²) in [7, 11) is 1.72. The van der Waals surface area contributed by atoms with E-state index in [1.165, 1.54) is 6.20 Å². The van der Waals surface area contributed by atoms with Gasteiger partial charge in [0.25, 0.3) is 5.91 Å². The highest BCUT2D eigenvalue weighted by Crippen LogP contribution is 2.10. The molecule has 6 heteroatoms. The highest BCUT2D eigenvalue weighted by molar-refractivity contribution is 5.96. The Bertz CT molecular complexity index is 903. The summed E-state index contributed by atoms with van der Waals surface area (Å²) in [5.41, 5.74) is 1.46. The van der Waals surface area contributed by atoms with E-state index in [0.29, 0.717) is 17.9 Å². The lowest BCUT2D eigenvalue weighted by molar-refractivity contribution is 0.0949. The zero-order chi connectivity index (χ0) is 16.2. The van der Waals surface area contributed by atoms with Gasteiger partial charge in [-0.3, -0.25) is 9.59 Å². The number of rotatable bonds is 4. The summed E-state index contributed by atoms with van der Waals surface area (Å²) < 4.78 is 0. The van der Waals surface area contributed by atoms with Gasteiger partial charge < -0.3 is 15.6 Å². The molecule has 0 saturated carbocycles. The largest absolute Gasteiger partial charge is 0.373 e. The Morgan fingerprint density at radius 3 is 2.70 bits per heavy atom. The Labute approximate surface area is 132 Å². The molecule has 0 spiro atoms. The molecule has 0 radical (unpaired) electrons. The Morgan fingerprint density at radius 1 is 1.17 bits per heavy atom. The van der Waals surface area contributed by atoms with E-state index < -0.39 is 5.91 Å². The van der Waals surface area contributed by atoms with Gasteiger partial charge in [-0.1, -0.05) is 30.3 Å². The molecular formula is C17H16N4O2. The van der Waals surface area contributed by atoms with E-state index in [4.69, 9.17) is 0 Å². The number of benzene rings is 1. The zero-order valence-corrected chi connectivity index (χ0v) is 12.6. The molecule has 0 fully saturated rings.